The normalized spacial score (nSPS) is 11.8. The lowest BCUT2D eigenvalue weighted by Crippen LogP contribution is -2.07. The van der Waals surface area contributed by atoms with Crippen molar-refractivity contribution in [1.82, 2.24) is 0 Å². The van der Waals surface area contributed by atoms with Gasteiger partial charge in [-0.05, 0) is 18.3 Å². The van der Waals surface area contributed by atoms with Gasteiger partial charge in [0.25, 0.3) is 0 Å². The van der Waals surface area contributed by atoms with E-state index in [-0.39, 0.29) is 0 Å². The summed E-state index contributed by atoms with van der Waals surface area (Å²) in [7, 11) is 0. The molecular weight excluding hydrogens is 288 g/mol. The molecule has 144 valence electrons. The second-order valence-electron chi connectivity index (χ2n) is 8.91. The zero-order valence-corrected chi connectivity index (χ0v) is 17.7. The molecule has 0 rings (SSSR count). The maximum atomic E-state index is 4.23. The third-order valence-corrected chi connectivity index (χ3v) is 5.39. The van der Waals surface area contributed by atoms with Crippen LogP contribution in [0.5, 0.6) is 0 Å². The van der Waals surface area contributed by atoms with Gasteiger partial charge in [-0.2, -0.15) is 0 Å². The first-order valence-corrected chi connectivity index (χ1v) is 11.2. The topological polar surface area (TPSA) is 0 Å². The average Bonchev–Trinajstić information content (AvgIpc) is 2.53. The molecule has 0 aliphatic rings. The maximum Gasteiger partial charge on any atom is -0.0176 e. The Hall–Kier alpha value is -0.260. The Morgan fingerprint density at radius 1 is 0.542 bits per heavy atom. The summed E-state index contributed by atoms with van der Waals surface area (Å²) in [6.07, 6.45) is 24.3. The quantitative estimate of drug-likeness (QED) is 0.183. The summed E-state index contributed by atoms with van der Waals surface area (Å²) in [6.45, 7) is 13.4. The standard InChI is InChI=1S/C24H48/c1-6-7-8-9-10-11-12-13-14-15-16-17-18-19-20-21-22-23(2)24(3,4)5/h2,6-22H2,1,3-5H3. The summed E-state index contributed by atoms with van der Waals surface area (Å²) in [5.74, 6) is 0. The highest BCUT2D eigenvalue weighted by Crippen LogP contribution is 2.27. The fraction of sp³-hybridized carbons (Fsp3) is 0.917. The molecule has 0 atom stereocenters. The summed E-state index contributed by atoms with van der Waals surface area (Å²) < 4.78 is 0. The van der Waals surface area contributed by atoms with Crippen LogP contribution in [-0.4, -0.2) is 0 Å². The predicted molar refractivity (Wildman–Crippen MR) is 113 cm³/mol. The van der Waals surface area contributed by atoms with Crippen LogP contribution in [0.1, 0.15) is 137 Å². The third kappa shape index (κ3) is 16.6. The Balaban J connectivity index is 3.12. The van der Waals surface area contributed by atoms with E-state index in [0.717, 1.165) is 0 Å². The molecule has 0 aliphatic heterocycles. The molecule has 0 saturated heterocycles. The van der Waals surface area contributed by atoms with Crippen LogP contribution in [0.4, 0.5) is 0 Å². The van der Waals surface area contributed by atoms with Crippen molar-refractivity contribution in [1.29, 1.82) is 0 Å². The molecular formula is C24H48. The lowest BCUT2D eigenvalue weighted by molar-refractivity contribution is 0.471. The van der Waals surface area contributed by atoms with Crippen molar-refractivity contribution >= 4 is 0 Å². The Bertz CT molecular complexity index is 268. The first kappa shape index (κ1) is 23.7. The molecule has 0 aromatic heterocycles. The molecule has 0 aliphatic carbocycles. The van der Waals surface area contributed by atoms with E-state index in [1.165, 1.54) is 115 Å². The van der Waals surface area contributed by atoms with Crippen LogP contribution in [0.15, 0.2) is 12.2 Å². The SMILES string of the molecule is C=C(CCCCCCCCCCCCCCCCCC)C(C)(C)C. The van der Waals surface area contributed by atoms with E-state index in [1.54, 1.807) is 0 Å². The fourth-order valence-corrected chi connectivity index (χ4v) is 3.26. The summed E-state index contributed by atoms with van der Waals surface area (Å²) in [5.41, 5.74) is 1.73. The summed E-state index contributed by atoms with van der Waals surface area (Å²) in [5, 5.41) is 0. The van der Waals surface area contributed by atoms with Gasteiger partial charge in [-0.25, -0.2) is 0 Å². The van der Waals surface area contributed by atoms with Gasteiger partial charge in [0.05, 0.1) is 0 Å². The molecule has 0 saturated carbocycles. The molecule has 0 aromatic carbocycles. The molecule has 0 amide bonds. The summed E-state index contributed by atoms with van der Waals surface area (Å²) in [6, 6.07) is 0. The highest BCUT2D eigenvalue weighted by atomic mass is 14.2. The van der Waals surface area contributed by atoms with Gasteiger partial charge in [0, 0.05) is 0 Å². The summed E-state index contributed by atoms with van der Waals surface area (Å²) >= 11 is 0. The van der Waals surface area contributed by atoms with Gasteiger partial charge < -0.3 is 0 Å². The van der Waals surface area contributed by atoms with Gasteiger partial charge in [0.2, 0.25) is 0 Å². The van der Waals surface area contributed by atoms with Crippen LogP contribution in [0, 0.1) is 5.41 Å². The van der Waals surface area contributed by atoms with Crippen LogP contribution in [0.25, 0.3) is 0 Å². The van der Waals surface area contributed by atoms with E-state index < -0.39 is 0 Å². The average molecular weight is 337 g/mol. The van der Waals surface area contributed by atoms with Gasteiger partial charge in [-0.15, -0.1) is 0 Å². The molecule has 0 aromatic rings. The van der Waals surface area contributed by atoms with Crippen molar-refractivity contribution < 1.29 is 0 Å². The van der Waals surface area contributed by atoms with E-state index in [2.05, 4.69) is 34.3 Å². The second-order valence-corrected chi connectivity index (χ2v) is 8.91. The minimum absolute atomic E-state index is 0.301. The molecule has 0 spiro atoms. The van der Waals surface area contributed by atoms with E-state index in [9.17, 15) is 0 Å². The van der Waals surface area contributed by atoms with Crippen LogP contribution >= 0.6 is 0 Å². The van der Waals surface area contributed by atoms with E-state index >= 15 is 0 Å². The minimum Gasteiger partial charge on any atom is -0.0993 e. The first-order chi connectivity index (χ1) is 11.5. The number of allylic oxidation sites excluding steroid dienone is 1. The highest BCUT2D eigenvalue weighted by molar-refractivity contribution is 5.04. The molecule has 0 bridgehead atoms. The van der Waals surface area contributed by atoms with Crippen molar-refractivity contribution in [2.45, 2.75) is 137 Å². The lowest BCUT2D eigenvalue weighted by Gasteiger charge is -2.21. The Kier molecular flexibility index (Phi) is 16.0. The van der Waals surface area contributed by atoms with Gasteiger partial charge in [0.1, 0.15) is 0 Å². The maximum absolute atomic E-state index is 4.23. The minimum atomic E-state index is 0.301. The molecule has 0 radical (unpaired) electrons. The number of hydrogen-bond donors (Lipinski definition) is 0. The lowest BCUT2D eigenvalue weighted by atomic mass is 9.84. The molecule has 0 N–H and O–H groups in total. The van der Waals surface area contributed by atoms with Crippen molar-refractivity contribution in [3.05, 3.63) is 12.2 Å². The number of rotatable bonds is 17. The van der Waals surface area contributed by atoms with Gasteiger partial charge in [-0.1, -0.05) is 136 Å². The van der Waals surface area contributed by atoms with Gasteiger partial charge >= 0.3 is 0 Å². The second kappa shape index (κ2) is 16.2. The summed E-state index contributed by atoms with van der Waals surface area (Å²) in [4.78, 5) is 0. The van der Waals surface area contributed by atoms with Gasteiger partial charge in [-0.3, -0.25) is 0 Å². The number of hydrogen-bond acceptors (Lipinski definition) is 0. The van der Waals surface area contributed by atoms with Crippen molar-refractivity contribution in [2.75, 3.05) is 0 Å². The molecule has 0 heteroatoms. The van der Waals surface area contributed by atoms with Crippen LogP contribution in [-0.2, 0) is 0 Å². The van der Waals surface area contributed by atoms with Gasteiger partial charge in [0.15, 0.2) is 0 Å². The third-order valence-electron chi connectivity index (χ3n) is 5.39. The highest BCUT2D eigenvalue weighted by Gasteiger charge is 2.13. The Morgan fingerprint density at radius 3 is 1.12 bits per heavy atom. The molecule has 0 fully saturated rings. The molecule has 0 heterocycles. The number of unbranched alkanes of at least 4 members (excludes halogenated alkanes) is 15. The smallest absolute Gasteiger partial charge is 0.0176 e. The van der Waals surface area contributed by atoms with E-state index in [4.69, 9.17) is 0 Å². The van der Waals surface area contributed by atoms with Crippen LogP contribution in [0.3, 0.4) is 0 Å². The molecule has 24 heavy (non-hydrogen) atoms. The van der Waals surface area contributed by atoms with Crippen molar-refractivity contribution in [2.24, 2.45) is 5.41 Å². The molecule has 0 unspecified atom stereocenters. The van der Waals surface area contributed by atoms with E-state index in [0.29, 0.717) is 5.41 Å². The predicted octanol–water partition coefficient (Wildman–Crippen LogP) is 9.24. The Labute approximate surface area is 154 Å². The largest absolute Gasteiger partial charge is 0.0993 e. The Morgan fingerprint density at radius 2 is 0.833 bits per heavy atom. The first-order valence-electron chi connectivity index (χ1n) is 11.2. The monoisotopic (exact) mass is 336 g/mol. The van der Waals surface area contributed by atoms with Crippen LogP contribution < -0.4 is 0 Å². The fourth-order valence-electron chi connectivity index (χ4n) is 3.26. The van der Waals surface area contributed by atoms with Crippen molar-refractivity contribution in [3.8, 4) is 0 Å². The van der Waals surface area contributed by atoms with Crippen LogP contribution in [0.2, 0.25) is 0 Å². The zero-order valence-electron chi connectivity index (χ0n) is 17.7. The van der Waals surface area contributed by atoms with E-state index in [1.807, 2.05) is 0 Å². The zero-order chi connectivity index (χ0) is 18.1. The molecule has 0 nitrogen and oxygen atoms in total. The van der Waals surface area contributed by atoms with Crippen molar-refractivity contribution in [3.63, 3.8) is 0 Å².